The van der Waals surface area contributed by atoms with Crippen LogP contribution in [0.1, 0.15) is 28.4 Å². The fourth-order valence-corrected chi connectivity index (χ4v) is 4.35. The van der Waals surface area contributed by atoms with Gasteiger partial charge in [-0.2, -0.15) is 5.26 Å². The topological polar surface area (TPSA) is 77.8 Å². The van der Waals surface area contributed by atoms with Crippen molar-refractivity contribution < 1.29 is 14.3 Å². The molecule has 3 aromatic rings. The number of methoxy groups -OCH3 is 1. The van der Waals surface area contributed by atoms with E-state index in [1.165, 1.54) is 0 Å². The number of carbonyl (C=O) groups is 1. The highest BCUT2D eigenvalue weighted by molar-refractivity contribution is 6.30. The number of hydrogen-bond acceptors (Lipinski definition) is 5. The lowest BCUT2D eigenvalue weighted by molar-refractivity contribution is 0.00546. The van der Waals surface area contributed by atoms with Gasteiger partial charge in [-0.05, 0) is 53.1 Å². The molecule has 0 aromatic heterocycles. The lowest BCUT2D eigenvalue weighted by Crippen LogP contribution is -2.52. The van der Waals surface area contributed by atoms with Crippen LogP contribution in [0.15, 0.2) is 72.8 Å². The lowest BCUT2D eigenvalue weighted by Gasteiger charge is -2.36. The SMILES string of the molecule is COc1cccc([C@H](CN2CCN(C(=O)NCc3ccc(Cl)cc3)CC2)OCc2ccc(C#N)cc2)c1. The molecule has 0 bridgehead atoms. The third-order valence-electron chi connectivity index (χ3n) is 6.44. The van der Waals surface area contributed by atoms with Crippen LogP contribution in [-0.2, 0) is 17.9 Å². The zero-order valence-corrected chi connectivity index (χ0v) is 21.7. The van der Waals surface area contributed by atoms with Gasteiger partial charge in [0, 0.05) is 44.3 Å². The summed E-state index contributed by atoms with van der Waals surface area (Å²) in [6.07, 6.45) is -0.170. The summed E-state index contributed by atoms with van der Waals surface area (Å²) in [6.45, 7) is 4.41. The van der Waals surface area contributed by atoms with Gasteiger partial charge < -0.3 is 19.7 Å². The highest BCUT2D eigenvalue weighted by Gasteiger charge is 2.24. The number of halogens is 1. The van der Waals surface area contributed by atoms with Crippen molar-refractivity contribution in [3.05, 3.63) is 100 Å². The van der Waals surface area contributed by atoms with Gasteiger partial charge in [-0.3, -0.25) is 4.90 Å². The molecule has 0 aliphatic carbocycles. The quantitative estimate of drug-likeness (QED) is 0.431. The minimum Gasteiger partial charge on any atom is -0.497 e. The molecule has 1 atom stereocenters. The molecule has 4 rings (SSSR count). The van der Waals surface area contributed by atoms with Crippen LogP contribution in [0, 0.1) is 11.3 Å². The van der Waals surface area contributed by atoms with Crippen molar-refractivity contribution >= 4 is 17.6 Å². The molecule has 0 saturated carbocycles. The molecule has 1 heterocycles. The van der Waals surface area contributed by atoms with Crippen molar-refractivity contribution in [2.45, 2.75) is 19.3 Å². The van der Waals surface area contributed by atoms with Gasteiger partial charge in [0.2, 0.25) is 0 Å². The molecule has 37 heavy (non-hydrogen) atoms. The Labute approximate surface area is 223 Å². The summed E-state index contributed by atoms with van der Waals surface area (Å²) in [5, 5.41) is 12.7. The molecule has 1 fully saturated rings. The number of nitrogens with one attached hydrogen (secondary N) is 1. The summed E-state index contributed by atoms with van der Waals surface area (Å²) in [5.41, 5.74) is 3.69. The summed E-state index contributed by atoms with van der Waals surface area (Å²) in [4.78, 5) is 16.9. The van der Waals surface area contributed by atoms with Gasteiger partial charge in [-0.25, -0.2) is 4.79 Å². The molecule has 1 N–H and O–H groups in total. The molecule has 7 nitrogen and oxygen atoms in total. The maximum absolute atomic E-state index is 12.7. The fraction of sp³-hybridized carbons (Fsp3) is 0.310. The van der Waals surface area contributed by atoms with E-state index in [4.69, 9.17) is 26.3 Å². The maximum Gasteiger partial charge on any atom is 0.317 e. The van der Waals surface area contributed by atoms with E-state index in [1.54, 1.807) is 19.2 Å². The number of ether oxygens (including phenoxy) is 2. The van der Waals surface area contributed by atoms with Crippen LogP contribution in [0.2, 0.25) is 5.02 Å². The number of benzene rings is 3. The van der Waals surface area contributed by atoms with E-state index in [0.717, 1.165) is 35.5 Å². The van der Waals surface area contributed by atoms with Crippen molar-refractivity contribution in [3.63, 3.8) is 0 Å². The average molecular weight is 519 g/mol. The van der Waals surface area contributed by atoms with Crippen molar-refractivity contribution in [2.75, 3.05) is 39.8 Å². The second kappa shape index (κ2) is 13.1. The Balaban J connectivity index is 1.33. The third-order valence-corrected chi connectivity index (χ3v) is 6.69. The summed E-state index contributed by atoms with van der Waals surface area (Å²) in [5.74, 6) is 0.784. The highest BCUT2D eigenvalue weighted by atomic mass is 35.5. The first-order valence-electron chi connectivity index (χ1n) is 12.3. The molecule has 2 amide bonds. The standard InChI is InChI=1S/C29H31ClN4O3/c1-36-27-4-2-3-25(17-27)28(37-21-24-7-5-22(18-31)6-8-24)20-33-13-15-34(16-14-33)29(35)32-19-23-9-11-26(30)12-10-23/h2-12,17,28H,13-16,19-21H2,1H3,(H,32,35)/t28-/m0/s1. The minimum absolute atomic E-state index is 0.0592. The monoisotopic (exact) mass is 518 g/mol. The van der Waals surface area contributed by atoms with Crippen LogP contribution < -0.4 is 10.1 Å². The van der Waals surface area contributed by atoms with Crippen LogP contribution in [0.3, 0.4) is 0 Å². The van der Waals surface area contributed by atoms with Crippen molar-refractivity contribution in [3.8, 4) is 11.8 Å². The number of urea groups is 1. The number of nitrogens with zero attached hydrogens (tertiary/aromatic N) is 3. The minimum atomic E-state index is -0.170. The molecule has 3 aromatic carbocycles. The molecular weight excluding hydrogens is 488 g/mol. The Morgan fingerprint density at radius 3 is 2.41 bits per heavy atom. The van der Waals surface area contributed by atoms with E-state index in [-0.39, 0.29) is 12.1 Å². The molecule has 0 unspecified atom stereocenters. The summed E-state index contributed by atoms with van der Waals surface area (Å²) >= 11 is 5.94. The maximum atomic E-state index is 12.7. The van der Waals surface area contributed by atoms with Crippen LogP contribution in [-0.4, -0.2) is 55.7 Å². The van der Waals surface area contributed by atoms with E-state index >= 15 is 0 Å². The third kappa shape index (κ3) is 7.70. The number of amides is 2. The van der Waals surface area contributed by atoms with Crippen LogP contribution in [0.5, 0.6) is 5.75 Å². The molecule has 0 spiro atoms. The largest absolute Gasteiger partial charge is 0.497 e. The van der Waals surface area contributed by atoms with Crippen molar-refractivity contribution in [1.82, 2.24) is 15.1 Å². The van der Waals surface area contributed by atoms with Gasteiger partial charge in [0.05, 0.1) is 31.5 Å². The number of carbonyl (C=O) groups excluding carboxylic acids is 1. The number of nitriles is 1. The first-order chi connectivity index (χ1) is 18.0. The predicted molar refractivity (Wildman–Crippen MR) is 143 cm³/mol. The van der Waals surface area contributed by atoms with Gasteiger partial charge in [0.1, 0.15) is 5.75 Å². The lowest BCUT2D eigenvalue weighted by atomic mass is 10.1. The van der Waals surface area contributed by atoms with Crippen molar-refractivity contribution in [2.24, 2.45) is 0 Å². The van der Waals surface area contributed by atoms with E-state index in [0.29, 0.717) is 43.4 Å². The van der Waals surface area contributed by atoms with E-state index < -0.39 is 0 Å². The smallest absolute Gasteiger partial charge is 0.317 e. The molecule has 1 saturated heterocycles. The highest BCUT2D eigenvalue weighted by Crippen LogP contribution is 2.25. The Morgan fingerprint density at radius 2 is 1.73 bits per heavy atom. The summed E-state index contributed by atoms with van der Waals surface area (Å²) in [6, 6.07) is 24.9. The Kier molecular flexibility index (Phi) is 9.39. The molecular formula is C29H31ClN4O3. The van der Waals surface area contributed by atoms with Gasteiger partial charge in [0.15, 0.2) is 0 Å². The number of rotatable bonds is 9. The van der Waals surface area contributed by atoms with Gasteiger partial charge in [0.25, 0.3) is 0 Å². The Bertz CT molecular complexity index is 1200. The van der Waals surface area contributed by atoms with Gasteiger partial charge in [-0.1, -0.05) is 48.0 Å². The second-order valence-electron chi connectivity index (χ2n) is 8.96. The Hall–Kier alpha value is -3.57. The molecule has 1 aliphatic heterocycles. The molecule has 0 radical (unpaired) electrons. The van der Waals surface area contributed by atoms with E-state index in [9.17, 15) is 4.79 Å². The normalized spacial score (nSPS) is 14.6. The summed E-state index contributed by atoms with van der Waals surface area (Å²) < 4.78 is 11.8. The zero-order chi connectivity index (χ0) is 26.0. The van der Waals surface area contributed by atoms with Crippen LogP contribution in [0.4, 0.5) is 4.79 Å². The van der Waals surface area contributed by atoms with Crippen LogP contribution >= 0.6 is 11.6 Å². The zero-order valence-electron chi connectivity index (χ0n) is 20.9. The molecule has 8 heteroatoms. The number of hydrogen-bond donors (Lipinski definition) is 1. The first kappa shape index (κ1) is 26.5. The first-order valence-corrected chi connectivity index (χ1v) is 12.7. The summed E-state index contributed by atoms with van der Waals surface area (Å²) in [7, 11) is 1.66. The Morgan fingerprint density at radius 1 is 1.03 bits per heavy atom. The average Bonchev–Trinajstić information content (AvgIpc) is 2.95. The number of piperazine rings is 1. The van der Waals surface area contributed by atoms with Gasteiger partial charge in [-0.15, -0.1) is 0 Å². The van der Waals surface area contributed by atoms with E-state index in [1.807, 2.05) is 65.6 Å². The van der Waals surface area contributed by atoms with E-state index in [2.05, 4.69) is 16.3 Å². The van der Waals surface area contributed by atoms with Crippen LogP contribution in [0.25, 0.3) is 0 Å². The molecule has 192 valence electrons. The fourth-order valence-electron chi connectivity index (χ4n) is 4.23. The van der Waals surface area contributed by atoms with Crippen molar-refractivity contribution in [1.29, 1.82) is 5.26 Å². The second-order valence-corrected chi connectivity index (χ2v) is 9.39. The molecule has 1 aliphatic rings. The predicted octanol–water partition coefficient (Wildman–Crippen LogP) is 5.01. The van der Waals surface area contributed by atoms with Gasteiger partial charge >= 0.3 is 6.03 Å².